The fourth-order valence-corrected chi connectivity index (χ4v) is 0.891. The third-order valence-corrected chi connectivity index (χ3v) is 2.08. The van der Waals surface area contributed by atoms with E-state index in [1.807, 2.05) is 0 Å². The van der Waals surface area contributed by atoms with Crippen molar-refractivity contribution in [1.29, 1.82) is 0 Å². The normalized spacial score (nSPS) is 10.7. The Kier molecular flexibility index (Phi) is 15.2. The predicted octanol–water partition coefficient (Wildman–Crippen LogP) is 1.36. The van der Waals surface area contributed by atoms with Crippen LogP contribution in [-0.4, -0.2) is 48.1 Å². The molecule has 0 spiro atoms. The molecule has 0 saturated heterocycles. The van der Waals surface area contributed by atoms with E-state index in [1.54, 1.807) is 13.8 Å². The van der Waals surface area contributed by atoms with Crippen molar-refractivity contribution < 1.29 is 29.3 Å². The SMILES string of the molecule is C=C(C)C(=O)OCCC(C)O.C=CC(=O)OCCCCO. The fourth-order valence-electron chi connectivity index (χ4n) is 0.891. The van der Waals surface area contributed by atoms with Crippen LogP contribution in [0.1, 0.15) is 33.1 Å². The van der Waals surface area contributed by atoms with E-state index < -0.39 is 18.0 Å². The van der Waals surface area contributed by atoms with Gasteiger partial charge in [0.2, 0.25) is 0 Å². The van der Waals surface area contributed by atoms with Crippen LogP contribution in [0, 0.1) is 0 Å². The summed E-state index contributed by atoms with van der Waals surface area (Å²) in [7, 11) is 0. The standard InChI is InChI=1S/C8H14O3.C7H12O3/c1-6(2)8(10)11-5-4-7(3)9;1-2-7(9)10-6-4-3-5-8/h7,9H,1,4-5H2,2-3H3;2,8H,1,3-6H2. The van der Waals surface area contributed by atoms with Crippen LogP contribution in [0.5, 0.6) is 0 Å². The van der Waals surface area contributed by atoms with E-state index in [9.17, 15) is 9.59 Å². The molecule has 0 bridgehead atoms. The molecule has 2 N–H and O–H groups in total. The lowest BCUT2D eigenvalue weighted by atomic mass is 10.3. The summed E-state index contributed by atoms with van der Waals surface area (Å²) in [5.74, 6) is -0.802. The summed E-state index contributed by atoms with van der Waals surface area (Å²) in [6, 6.07) is 0. The Hall–Kier alpha value is -1.66. The summed E-state index contributed by atoms with van der Waals surface area (Å²) < 4.78 is 9.34. The third kappa shape index (κ3) is 18.3. The summed E-state index contributed by atoms with van der Waals surface area (Å²) in [5, 5.41) is 17.1. The molecule has 0 aliphatic rings. The van der Waals surface area contributed by atoms with Gasteiger partial charge in [0.1, 0.15) is 0 Å². The van der Waals surface area contributed by atoms with Crippen molar-refractivity contribution in [1.82, 2.24) is 0 Å². The van der Waals surface area contributed by atoms with Gasteiger partial charge < -0.3 is 19.7 Å². The van der Waals surface area contributed by atoms with Crippen molar-refractivity contribution in [3.05, 3.63) is 24.8 Å². The molecule has 0 aromatic carbocycles. The molecule has 0 aromatic rings. The van der Waals surface area contributed by atoms with Gasteiger partial charge in [-0.2, -0.15) is 0 Å². The van der Waals surface area contributed by atoms with Crippen molar-refractivity contribution >= 4 is 11.9 Å². The van der Waals surface area contributed by atoms with Gasteiger partial charge in [0.25, 0.3) is 0 Å². The van der Waals surface area contributed by atoms with E-state index in [0.717, 1.165) is 6.08 Å². The minimum absolute atomic E-state index is 0.144. The molecule has 0 aliphatic carbocycles. The van der Waals surface area contributed by atoms with Crippen LogP contribution >= 0.6 is 0 Å². The highest BCUT2D eigenvalue weighted by Gasteiger charge is 2.03. The van der Waals surface area contributed by atoms with Crippen molar-refractivity contribution in [2.75, 3.05) is 19.8 Å². The Morgan fingerprint density at radius 1 is 1.24 bits per heavy atom. The van der Waals surface area contributed by atoms with E-state index in [4.69, 9.17) is 14.9 Å². The smallest absolute Gasteiger partial charge is 0.333 e. The van der Waals surface area contributed by atoms with E-state index >= 15 is 0 Å². The summed E-state index contributed by atoms with van der Waals surface area (Å²) in [4.78, 5) is 21.1. The molecule has 1 atom stereocenters. The number of carbonyl (C=O) groups is 2. The van der Waals surface area contributed by atoms with Crippen molar-refractivity contribution in [3.8, 4) is 0 Å². The molecular formula is C15H26O6. The van der Waals surface area contributed by atoms with E-state index in [2.05, 4.69) is 17.9 Å². The summed E-state index contributed by atoms with van der Waals surface area (Å²) in [5.41, 5.74) is 0.385. The Morgan fingerprint density at radius 3 is 2.29 bits per heavy atom. The second-order valence-electron chi connectivity index (χ2n) is 4.36. The Balaban J connectivity index is 0. The lowest BCUT2D eigenvalue weighted by Gasteiger charge is -2.05. The van der Waals surface area contributed by atoms with Crippen molar-refractivity contribution in [3.63, 3.8) is 0 Å². The van der Waals surface area contributed by atoms with Crippen LogP contribution < -0.4 is 0 Å². The molecule has 0 amide bonds. The second kappa shape index (κ2) is 14.7. The first-order valence-electron chi connectivity index (χ1n) is 6.75. The molecule has 0 saturated carbocycles. The van der Waals surface area contributed by atoms with Crippen LogP contribution in [-0.2, 0) is 19.1 Å². The average Bonchev–Trinajstić information content (AvgIpc) is 2.43. The quantitative estimate of drug-likeness (QED) is 0.379. The number of aliphatic hydroxyl groups excluding tert-OH is 2. The maximum atomic E-state index is 10.7. The summed E-state index contributed by atoms with van der Waals surface area (Å²) >= 11 is 0. The van der Waals surface area contributed by atoms with Crippen molar-refractivity contribution in [2.45, 2.75) is 39.2 Å². The number of hydrogen-bond donors (Lipinski definition) is 2. The number of esters is 2. The maximum Gasteiger partial charge on any atom is 0.333 e. The molecule has 0 heterocycles. The molecule has 6 heteroatoms. The molecule has 0 aliphatic heterocycles. The highest BCUT2D eigenvalue weighted by Crippen LogP contribution is 1.95. The average molecular weight is 302 g/mol. The monoisotopic (exact) mass is 302 g/mol. The van der Waals surface area contributed by atoms with Gasteiger partial charge in [0, 0.05) is 24.7 Å². The van der Waals surface area contributed by atoms with Gasteiger partial charge in [0.05, 0.1) is 19.3 Å². The van der Waals surface area contributed by atoms with Gasteiger partial charge in [-0.3, -0.25) is 0 Å². The van der Waals surface area contributed by atoms with E-state index in [1.165, 1.54) is 0 Å². The third-order valence-electron chi connectivity index (χ3n) is 2.08. The lowest BCUT2D eigenvalue weighted by molar-refractivity contribution is -0.139. The minimum atomic E-state index is -0.423. The molecular weight excluding hydrogens is 276 g/mol. The van der Waals surface area contributed by atoms with Crippen LogP contribution in [0.25, 0.3) is 0 Å². The van der Waals surface area contributed by atoms with Gasteiger partial charge in [-0.25, -0.2) is 9.59 Å². The molecule has 0 radical (unpaired) electrons. The van der Waals surface area contributed by atoms with Crippen molar-refractivity contribution in [2.24, 2.45) is 0 Å². The first-order chi connectivity index (χ1) is 9.84. The van der Waals surface area contributed by atoms with Crippen LogP contribution in [0.3, 0.4) is 0 Å². The topological polar surface area (TPSA) is 93.1 Å². The number of hydrogen-bond acceptors (Lipinski definition) is 6. The summed E-state index contributed by atoms with van der Waals surface area (Å²) in [6.45, 7) is 10.7. The first kappa shape index (κ1) is 21.6. The maximum absolute atomic E-state index is 10.7. The van der Waals surface area contributed by atoms with Gasteiger partial charge >= 0.3 is 11.9 Å². The largest absolute Gasteiger partial charge is 0.463 e. The fraction of sp³-hybridized carbons (Fsp3) is 0.600. The Morgan fingerprint density at radius 2 is 1.86 bits per heavy atom. The highest BCUT2D eigenvalue weighted by molar-refractivity contribution is 5.86. The van der Waals surface area contributed by atoms with Gasteiger partial charge in [-0.15, -0.1) is 0 Å². The van der Waals surface area contributed by atoms with Crippen LogP contribution in [0.4, 0.5) is 0 Å². The number of rotatable bonds is 9. The molecule has 6 nitrogen and oxygen atoms in total. The van der Waals surface area contributed by atoms with Gasteiger partial charge in [0.15, 0.2) is 0 Å². The van der Waals surface area contributed by atoms with Gasteiger partial charge in [-0.05, 0) is 26.7 Å². The summed E-state index contributed by atoms with van der Waals surface area (Å²) in [6.07, 6.45) is 2.55. The molecule has 21 heavy (non-hydrogen) atoms. The molecule has 0 aromatic heterocycles. The zero-order valence-electron chi connectivity index (χ0n) is 12.8. The second-order valence-corrected chi connectivity index (χ2v) is 4.36. The predicted molar refractivity (Wildman–Crippen MR) is 79.5 cm³/mol. The molecule has 122 valence electrons. The Bertz CT molecular complexity index is 322. The first-order valence-corrected chi connectivity index (χ1v) is 6.75. The molecule has 0 fully saturated rings. The number of ether oxygens (including phenoxy) is 2. The highest BCUT2D eigenvalue weighted by atomic mass is 16.5. The lowest BCUT2D eigenvalue weighted by Crippen LogP contribution is -2.10. The Labute approximate surface area is 126 Å². The van der Waals surface area contributed by atoms with E-state index in [0.29, 0.717) is 31.4 Å². The minimum Gasteiger partial charge on any atom is -0.463 e. The van der Waals surface area contributed by atoms with Gasteiger partial charge in [-0.1, -0.05) is 13.2 Å². The molecule has 1 unspecified atom stereocenters. The zero-order valence-corrected chi connectivity index (χ0v) is 12.8. The van der Waals surface area contributed by atoms with Crippen LogP contribution in [0.15, 0.2) is 24.8 Å². The number of unbranched alkanes of at least 4 members (excludes halogenated alkanes) is 1. The molecule has 0 rings (SSSR count). The van der Waals surface area contributed by atoms with Crippen LogP contribution in [0.2, 0.25) is 0 Å². The zero-order chi connectivity index (χ0) is 16.7. The van der Waals surface area contributed by atoms with E-state index in [-0.39, 0.29) is 13.2 Å². The number of carbonyl (C=O) groups excluding carboxylic acids is 2. The number of aliphatic hydroxyl groups is 2.